The van der Waals surface area contributed by atoms with E-state index in [0.29, 0.717) is 11.3 Å². The maximum atomic E-state index is 12.4. The summed E-state index contributed by atoms with van der Waals surface area (Å²) >= 11 is 0. The zero-order chi connectivity index (χ0) is 21.4. The molecule has 0 unspecified atom stereocenters. The molecular formula is C20H18F3NO5. The van der Waals surface area contributed by atoms with E-state index in [-0.39, 0.29) is 17.7 Å². The Hall–Kier alpha value is -3.49. The van der Waals surface area contributed by atoms with Crippen molar-refractivity contribution in [3.63, 3.8) is 0 Å². The van der Waals surface area contributed by atoms with Crippen LogP contribution in [-0.4, -0.2) is 32.5 Å². The minimum Gasteiger partial charge on any atom is -0.496 e. The highest BCUT2D eigenvalue weighted by Crippen LogP contribution is 2.27. The van der Waals surface area contributed by atoms with E-state index in [9.17, 15) is 22.8 Å². The second-order valence-electron chi connectivity index (χ2n) is 5.66. The lowest BCUT2D eigenvalue weighted by Crippen LogP contribution is -2.20. The van der Waals surface area contributed by atoms with Crippen molar-refractivity contribution in [3.05, 3.63) is 65.2 Å². The van der Waals surface area contributed by atoms with E-state index in [1.54, 1.807) is 12.1 Å². The zero-order valence-electron chi connectivity index (χ0n) is 15.6. The Morgan fingerprint density at radius 3 is 2.45 bits per heavy atom. The molecule has 1 N–H and O–H groups in total. The van der Waals surface area contributed by atoms with Crippen molar-refractivity contribution in [2.24, 2.45) is 0 Å². The lowest BCUT2D eigenvalue weighted by Gasteiger charge is -2.11. The van der Waals surface area contributed by atoms with E-state index in [2.05, 4.69) is 14.8 Å². The highest BCUT2D eigenvalue weighted by molar-refractivity contribution is 5.93. The van der Waals surface area contributed by atoms with Crippen LogP contribution in [0.5, 0.6) is 11.5 Å². The Kier molecular flexibility index (Phi) is 7.24. The molecule has 0 heterocycles. The molecule has 0 aliphatic heterocycles. The van der Waals surface area contributed by atoms with Crippen molar-refractivity contribution in [2.45, 2.75) is 12.9 Å². The average Bonchev–Trinajstić information content (AvgIpc) is 2.69. The van der Waals surface area contributed by atoms with Gasteiger partial charge in [0.25, 0.3) is 0 Å². The smallest absolute Gasteiger partial charge is 0.496 e. The first-order valence-electron chi connectivity index (χ1n) is 8.29. The van der Waals surface area contributed by atoms with Gasteiger partial charge in [0.05, 0.1) is 14.2 Å². The van der Waals surface area contributed by atoms with Crippen molar-refractivity contribution in [1.82, 2.24) is 5.32 Å². The molecular weight excluding hydrogens is 391 g/mol. The Morgan fingerprint density at radius 2 is 1.79 bits per heavy atom. The van der Waals surface area contributed by atoms with Crippen molar-refractivity contribution >= 4 is 18.0 Å². The molecule has 0 saturated heterocycles. The second kappa shape index (κ2) is 9.63. The standard InChI is InChI=1S/C20H18F3NO5/c1-27-17-9-7-13(11-15(17)19(26)28-2)12-24-18(25)10-8-14-5-3-4-6-16(14)29-20(21,22)23/h3-11H,12H2,1-2H3,(H,24,25)/b10-8+. The molecule has 0 bridgehead atoms. The number of amides is 1. The van der Waals surface area contributed by atoms with E-state index in [1.165, 1.54) is 44.6 Å². The summed E-state index contributed by atoms with van der Waals surface area (Å²) in [5.74, 6) is -1.21. The average molecular weight is 409 g/mol. The van der Waals surface area contributed by atoms with Crippen LogP contribution < -0.4 is 14.8 Å². The summed E-state index contributed by atoms with van der Waals surface area (Å²) in [7, 11) is 2.65. The van der Waals surface area contributed by atoms with Crippen LogP contribution in [0.3, 0.4) is 0 Å². The summed E-state index contributed by atoms with van der Waals surface area (Å²) in [6.07, 6.45) is -2.54. The lowest BCUT2D eigenvalue weighted by molar-refractivity contribution is -0.274. The van der Waals surface area contributed by atoms with Crippen LogP contribution in [0.4, 0.5) is 13.2 Å². The Bertz CT molecular complexity index is 909. The molecule has 6 nitrogen and oxygen atoms in total. The van der Waals surface area contributed by atoms with Crippen molar-refractivity contribution in [1.29, 1.82) is 0 Å². The number of nitrogens with one attached hydrogen (secondary N) is 1. The molecule has 2 aromatic carbocycles. The third-order valence-corrected chi connectivity index (χ3v) is 3.69. The predicted molar refractivity (Wildman–Crippen MR) is 98.3 cm³/mol. The largest absolute Gasteiger partial charge is 0.573 e. The van der Waals surface area contributed by atoms with Crippen molar-refractivity contribution < 1.29 is 37.0 Å². The van der Waals surface area contributed by atoms with Crippen LogP contribution in [0.15, 0.2) is 48.5 Å². The molecule has 0 atom stereocenters. The number of carbonyl (C=O) groups excluding carboxylic acids is 2. The topological polar surface area (TPSA) is 73.9 Å². The third-order valence-electron chi connectivity index (χ3n) is 3.69. The van der Waals surface area contributed by atoms with E-state index in [1.807, 2.05) is 0 Å². The minimum atomic E-state index is -4.84. The Labute approximate surface area is 164 Å². The highest BCUT2D eigenvalue weighted by Gasteiger charge is 2.31. The maximum absolute atomic E-state index is 12.4. The summed E-state index contributed by atoms with van der Waals surface area (Å²) in [5, 5.41) is 2.58. The van der Waals surface area contributed by atoms with Gasteiger partial charge in [0.1, 0.15) is 17.1 Å². The molecule has 9 heteroatoms. The van der Waals surface area contributed by atoms with Gasteiger partial charge in [-0.3, -0.25) is 4.79 Å². The van der Waals surface area contributed by atoms with Crippen molar-refractivity contribution in [2.75, 3.05) is 14.2 Å². The molecule has 1 amide bonds. The summed E-state index contributed by atoms with van der Waals surface area (Å²) in [6, 6.07) is 10.2. The fourth-order valence-electron chi connectivity index (χ4n) is 2.38. The summed E-state index contributed by atoms with van der Waals surface area (Å²) in [5.41, 5.74) is 0.904. The number of methoxy groups -OCH3 is 2. The van der Waals surface area contributed by atoms with Gasteiger partial charge in [0.2, 0.25) is 5.91 Å². The van der Waals surface area contributed by atoms with Gasteiger partial charge in [0, 0.05) is 18.2 Å². The predicted octanol–water partition coefficient (Wildman–Crippen LogP) is 3.71. The highest BCUT2D eigenvalue weighted by atomic mass is 19.4. The van der Waals surface area contributed by atoms with Crippen molar-refractivity contribution in [3.8, 4) is 11.5 Å². The van der Waals surface area contributed by atoms with E-state index < -0.39 is 24.0 Å². The minimum absolute atomic E-state index is 0.0812. The molecule has 0 aliphatic carbocycles. The fourth-order valence-corrected chi connectivity index (χ4v) is 2.38. The summed E-state index contributed by atoms with van der Waals surface area (Å²) in [6.45, 7) is 0.0812. The van der Waals surface area contributed by atoms with E-state index >= 15 is 0 Å². The van der Waals surface area contributed by atoms with Crippen LogP contribution in [0.25, 0.3) is 6.08 Å². The van der Waals surface area contributed by atoms with E-state index in [4.69, 9.17) is 4.74 Å². The van der Waals surface area contributed by atoms with E-state index in [0.717, 1.165) is 12.1 Å². The number of hydrogen-bond donors (Lipinski definition) is 1. The first-order valence-corrected chi connectivity index (χ1v) is 8.29. The molecule has 0 spiro atoms. The zero-order valence-corrected chi connectivity index (χ0v) is 15.6. The molecule has 2 aromatic rings. The van der Waals surface area contributed by atoms with Crippen LogP contribution in [0, 0.1) is 0 Å². The number of hydrogen-bond acceptors (Lipinski definition) is 5. The van der Waals surface area contributed by atoms with Gasteiger partial charge in [-0.2, -0.15) is 0 Å². The molecule has 0 fully saturated rings. The monoisotopic (exact) mass is 409 g/mol. The van der Waals surface area contributed by atoms with Crippen LogP contribution >= 0.6 is 0 Å². The number of esters is 1. The maximum Gasteiger partial charge on any atom is 0.573 e. The van der Waals surface area contributed by atoms with Gasteiger partial charge in [-0.1, -0.05) is 24.3 Å². The first-order chi connectivity index (χ1) is 13.7. The fraction of sp³-hybridized carbons (Fsp3) is 0.200. The number of benzene rings is 2. The van der Waals surface area contributed by atoms with Gasteiger partial charge in [-0.05, 0) is 29.8 Å². The SMILES string of the molecule is COC(=O)c1cc(CNC(=O)/C=C/c2ccccc2OC(F)(F)F)ccc1OC. The molecule has 0 radical (unpaired) electrons. The number of rotatable bonds is 7. The first kappa shape index (κ1) is 21.8. The number of ether oxygens (including phenoxy) is 3. The molecule has 0 aromatic heterocycles. The summed E-state index contributed by atoms with van der Waals surface area (Å²) < 4.78 is 51.0. The van der Waals surface area contributed by atoms with Gasteiger partial charge in [-0.25, -0.2) is 4.79 Å². The summed E-state index contributed by atoms with van der Waals surface area (Å²) in [4.78, 5) is 23.8. The van der Waals surface area contributed by atoms with Gasteiger partial charge < -0.3 is 19.5 Å². The van der Waals surface area contributed by atoms with Crippen LogP contribution in [0.2, 0.25) is 0 Å². The van der Waals surface area contributed by atoms with Gasteiger partial charge >= 0.3 is 12.3 Å². The lowest BCUT2D eigenvalue weighted by atomic mass is 10.1. The Balaban J connectivity index is 2.05. The molecule has 154 valence electrons. The normalized spacial score (nSPS) is 11.2. The van der Waals surface area contributed by atoms with Gasteiger partial charge in [-0.15, -0.1) is 13.2 Å². The molecule has 0 aliphatic rings. The van der Waals surface area contributed by atoms with Gasteiger partial charge in [0.15, 0.2) is 0 Å². The second-order valence-corrected chi connectivity index (χ2v) is 5.66. The van der Waals surface area contributed by atoms with Crippen LogP contribution in [-0.2, 0) is 16.1 Å². The third kappa shape index (κ3) is 6.56. The van der Waals surface area contributed by atoms with Crippen LogP contribution in [0.1, 0.15) is 21.5 Å². The number of para-hydroxylation sites is 1. The quantitative estimate of drug-likeness (QED) is 0.558. The Morgan fingerprint density at radius 1 is 1.07 bits per heavy atom. The molecule has 2 rings (SSSR count). The molecule has 0 saturated carbocycles. The number of carbonyl (C=O) groups is 2. The number of halogens is 3. The molecule has 29 heavy (non-hydrogen) atoms. The number of alkyl halides is 3.